The topological polar surface area (TPSA) is 24.5 Å². The molecule has 3 nitrogen and oxygen atoms in total. The van der Waals surface area contributed by atoms with Crippen LogP contribution in [0.3, 0.4) is 0 Å². The molecule has 0 saturated heterocycles. The van der Waals surface area contributed by atoms with Crippen molar-refractivity contribution in [1.82, 2.24) is 10.2 Å². The first-order chi connectivity index (χ1) is 9.15. The fourth-order valence-corrected chi connectivity index (χ4v) is 2.22. The predicted octanol–water partition coefficient (Wildman–Crippen LogP) is 3.15. The van der Waals surface area contributed by atoms with Crippen molar-refractivity contribution in [3.05, 3.63) is 0 Å². The number of unbranched alkanes of at least 4 members (excludes halogenated alkanes) is 2. The monoisotopic (exact) mass is 272 g/mol. The van der Waals surface area contributed by atoms with Crippen LogP contribution in [0.15, 0.2) is 0 Å². The number of methoxy groups -OCH3 is 1. The van der Waals surface area contributed by atoms with Crippen LogP contribution in [-0.4, -0.2) is 50.8 Å². The lowest BCUT2D eigenvalue weighted by atomic mass is 10.1. The maximum absolute atomic E-state index is 5.42. The molecular weight excluding hydrogens is 236 g/mol. The van der Waals surface area contributed by atoms with E-state index in [1.54, 1.807) is 0 Å². The summed E-state index contributed by atoms with van der Waals surface area (Å²) >= 11 is 0. The molecule has 0 radical (unpaired) electrons. The van der Waals surface area contributed by atoms with Gasteiger partial charge in [0.25, 0.3) is 0 Å². The Morgan fingerprint density at radius 2 is 1.58 bits per heavy atom. The van der Waals surface area contributed by atoms with Gasteiger partial charge in [-0.3, -0.25) is 4.90 Å². The van der Waals surface area contributed by atoms with Crippen LogP contribution in [-0.2, 0) is 4.74 Å². The average molecular weight is 272 g/mol. The summed E-state index contributed by atoms with van der Waals surface area (Å²) in [6.45, 7) is 14.4. The van der Waals surface area contributed by atoms with Crippen LogP contribution < -0.4 is 5.32 Å². The van der Waals surface area contributed by atoms with E-state index in [4.69, 9.17) is 4.74 Å². The Labute approximate surface area is 121 Å². The van der Waals surface area contributed by atoms with E-state index in [1.165, 1.54) is 38.8 Å². The second kappa shape index (κ2) is 12.9. The van der Waals surface area contributed by atoms with E-state index in [1.807, 2.05) is 7.11 Å². The zero-order valence-electron chi connectivity index (χ0n) is 13.9. The van der Waals surface area contributed by atoms with Crippen LogP contribution in [0.25, 0.3) is 0 Å². The number of hydrogen-bond acceptors (Lipinski definition) is 3. The molecular formula is C16H36N2O. The van der Waals surface area contributed by atoms with Crippen LogP contribution in [0.2, 0.25) is 0 Å². The first-order valence-electron chi connectivity index (χ1n) is 8.09. The van der Waals surface area contributed by atoms with E-state index >= 15 is 0 Å². The smallest absolute Gasteiger partial charge is 0.0630 e. The van der Waals surface area contributed by atoms with Crippen molar-refractivity contribution in [2.45, 2.75) is 59.4 Å². The van der Waals surface area contributed by atoms with Gasteiger partial charge in [0, 0.05) is 19.7 Å². The molecule has 0 bridgehead atoms. The van der Waals surface area contributed by atoms with Crippen LogP contribution in [0.1, 0.15) is 53.4 Å². The highest BCUT2D eigenvalue weighted by Crippen LogP contribution is 2.06. The van der Waals surface area contributed by atoms with Crippen molar-refractivity contribution in [2.75, 3.05) is 39.9 Å². The summed E-state index contributed by atoms with van der Waals surface area (Å²) in [7, 11) is 1.81. The molecule has 1 atom stereocenters. The van der Waals surface area contributed by atoms with Crippen molar-refractivity contribution in [1.29, 1.82) is 0 Å². The maximum atomic E-state index is 5.42. The third kappa shape index (κ3) is 10.3. The van der Waals surface area contributed by atoms with Gasteiger partial charge in [-0.05, 0) is 38.4 Å². The van der Waals surface area contributed by atoms with Crippen molar-refractivity contribution in [2.24, 2.45) is 5.92 Å². The first kappa shape index (κ1) is 18.9. The lowest BCUT2D eigenvalue weighted by Crippen LogP contribution is -2.46. The summed E-state index contributed by atoms with van der Waals surface area (Å²) in [5.41, 5.74) is 0. The molecule has 0 spiro atoms. The highest BCUT2D eigenvalue weighted by Gasteiger charge is 2.17. The second-order valence-corrected chi connectivity index (χ2v) is 5.90. The highest BCUT2D eigenvalue weighted by atomic mass is 16.5. The average Bonchev–Trinajstić information content (AvgIpc) is 2.38. The Kier molecular flexibility index (Phi) is 12.8. The summed E-state index contributed by atoms with van der Waals surface area (Å²) in [6.07, 6.45) is 5.10. The van der Waals surface area contributed by atoms with Gasteiger partial charge in [-0.25, -0.2) is 0 Å². The molecule has 0 aromatic heterocycles. The molecule has 0 aliphatic rings. The fraction of sp³-hybridized carbons (Fsp3) is 1.00. The van der Waals surface area contributed by atoms with Crippen molar-refractivity contribution in [3.8, 4) is 0 Å². The quantitative estimate of drug-likeness (QED) is 0.557. The summed E-state index contributed by atoms with van der Waals surface area (Å²) < 4.78 is 5.42. The molecule has 0 rings (SSSR count). The largest absolute Gasteiger partial charge is 0.383 e. The van der Waals surface area contributed by atoms with Gasteiger partial charge < -0.3 is 10.1 Å². The summed E-state index contributed by atoms with van der Waals surface area (Å²) in [5.74, 6) is 0.711. The van der Waals surface area contributed by atoms with E-state index in [0.29, 0.717) is 12.0 Å². The van der Waals surface area contributed by atoms with Gasteiger partial charge in [0.15, 0.2) is 0 Å². The molecule has 1 N–H and O–H groups in total. The van der Waals surface area contributed by atoms with E-state index in [0.717, 1.165) is 19.7 Å². The second-order valence-electron chi connectivity index (χ2n) is 5.90. The van der Waals surface area contributed by atoms with Crippen molar-refractivity contribution < 1.29 is 4.74 Å². The molecule has 0 fully saturated rings. The number of nitrogens with one attached hydrogen (secondary N) is 1. The third-order valence-corrected chi connectivity index (χ3v) is 3.41. The van der Waals surface area contributed by atoms with Crippen molar-refractivity contribution in [3.63, 3.8) is 0 Å². The Balaban J connectivity index is 4.27. The zero-order chi connectivity index (χ0) is 14.5. The standard InChI is InChI=1S/C16H36N2O/c1-6-8-10-18(11-9-7-2)16(14-19-5)13-17-12-15(3)4/h15-17H,6-14H2,1-5H3. The highest BCUT2D eigenvalue weighted by molar-refractivity contribution is 4.74. The van der Waals surface area contributed by atoms with Gasteiger partial charge in [-0.2, -0.15) is 0 Å². The van der Waals surface area contributed by atoms with Crippen LogP contribution in [0.4, 0.5) is 0 Å². The van der Waals surface area contributed by atoms with Gasteiger partial charge in [0.1, 0.15) is 0 Å². The van der Waals surface area contributed by atoms with Crippen LogP contribution in [0, 0.1) is 5.92 Å². The lowest BCUT2D eigenvalue weighted by molar-refractivity contribution is 0.0865. The number of hydrogen-bond donors (Lipinski definition) is 1. The zero-order valence-corrected chi connectivity index (χ0v) is 13.9. The molecule has 0 saturated carbocycles. The maximum Gasteiger partial charge on any atom is 0.0630 e. The van der Waals surface area contributed by atoms with Gasteiger partial charge in [0.05, 0.1) is 6.61 Å². The Bertz CT molecular complexity index is 178. The molecule has 0 heterocycles. The molecule has 0 aromatic carbocycles. The molecule has 0 aliphatic carbocycles. The molecule has 3 heteroatoms. The molecule has 0 aromatic rings. The van der Waals surface area contributed by atoms with E-state index in [2.05, 4.69) is 37.9 Å². The van der Waals surface area contributed by atoms with E-state index in [-0.39, 0.29) is 0 Å². The number of nitrogens with zero attached hydrogens (tertiary/aromatic N) is 1. The molecule has 1 unspecified atom stereocenters. The Morgan fingerprint density at radius 3 is 2.00 bits per heavy atom. The minimum atomic E-state index is 0.516. The lowest BCUT2D eigenvalue weighted by Gasteiger charge is -2.31. The van der Waals surface area contributed by atoms with Gasteiger partial charge in [0.2, 0.25) is 0 Å². The summed E-state index contributed by atoms with van der Waals surface area (Å²) in [6, 6.07) is 0.516. The van der Waals surface area contributed by atoms with Gasteiger partial charge in [-0.15, -0.1) is 0 Å². The molecule has 0 amide bonds. The van der Waals surface area contributed by atoms with Crippen molar-refractivity contribution >= 4 is 0 Å². The minimum Gasteiger partial charge on any atom is -0.383 e. The SMILES string of the molecule is CCCCN(CCCC)C(CNCC(C)C)COC. The van der Waals surface area contributed by atoms with Gasteiger partial charge >= 0.3 is 0 Å². The van der Waals surface area contributed by atoms with Crippen LogP contribution in [0.5, 0.6) is 0 Å². The summed E-state index contributed by atoms with van der Waals surface area (Å²) in [5, 5.41) is 3.58. The Hall–Kier alpha value is -0.120. The summed E-state index contributed by atoms with van der Waals surface area (Å²) in [4.78, 5) is 2.61. The minimum absolute atomic E-state index is 0.516. The number of ether oxygens (including phenoxy) is 1. The Morgan fingerprint density at radius 1 is 1.00 bits per heavy atom. The number of rotatable bonds is 13. The van der Waals surface area contributed by atoms with E-state index in [9.17, 15) is 0 Å². The first-order valence-corrected chi connectivity index (χ1v) is 8.09. The predicted molar refractivity (Wildman–Crippen MR) is 84.8 cm³/mol. The van der Waals surface area contributed by atoms with E-state index < -0.39 is 0 Å². The van der Waals surface area contributed by atoms with Crippen LogP contribution >= 0.6 is 0 Å². The normalized spacial score (nSPS) is 13.4. The molecule has 19 heavy (non-hydrogen) atoms. The fourth-order valence-electron chi connectivity index (χ4n) is 2.22. The molecule has 0 aliphatic heterocycles. The van der Waals surface area contributed by atoms with Gasteiger partial charge in [-0.1, -0.05) is 40.5 Å². The third-order valence-electron chi connectivity index (χ3n) is 3.41. The molecule has 116 valence electrons.